The van der Waals surface area contributed by atoms with Crippen molar-refractivity contribution in [3.8, 4) is 11.8 Å². The first-order valence-corrected chi connectivity index (χ1v) is 9.63. The second-order valence-corrected chi connectivity index (χ2v) is 6.48. The summed E-state index contributed by atoms with van der Waals surface area (Å²) in [6, 6.07) is 14.7. The van der Waals surface area contributed by atoms with E-state index < -0.39 is 23.0 Å². The molecule has 3 rings (SSSR count). The van der Waals surface area contributed by atoms with E-state index in [4.69, 9.17) is 8.76 Å². The molecule has 158 valence electrons. The lowest BCUT2D eigenvalue weighted by Crippen LogP contribution is -2.07. The zero-order valence-corrected chi connectivity index (χ0v) is 16.6. The summed E-state index contributed by atoms with van der Waals surface area (Å²) in [5, 5.41) is 11.4. The summed E-state index contributed by atoms with van der Waals surface area (Å²) >= 11 is -2.36. The highest BCUT2D eigenvalue weighted by Gasteiger charge is 2.29. The van der Waals surface area contributed by atoms with Gasteiger partial charge in [-0.1, -0.05) is 42.2 Å². The Balaban J connectivity index is 0.000000735. The van der Waals surface area contributed by atoms with Gasteiger partial charge in [0.2, 0.25) is 0 Å². The molecule has 0 spiro atoms. The Bertz CT molecular complexity index is 1040. The third kappa shape index (κ3) is 7.36. The van der Waals surface area contributed by atoms with Gasteiger partial charge in [0.1, 0.15) is 5.82 Å². The van der Waals surface area contributed by atoms with Crippen LogP contribution in [0.5, 0.6) is 0 Å². The van der Waals surface area contributed by atoms with Crippen LogP contribution in [0.3, 0.4) is 0 Å². The third-order valence-corrected chi connectivity index (χ3v) is 3.80. The predicted octanol–water partition coefficient (Wildman–Crippen LogP) is 3.19. The first-order valence-electron chi connectivity index (χ1n) is 8.49. The molecule has 1 unspecified atom stereocenters. The van der Waals surface area contributed by atoms with Crippen LogP contribution in [0.15, 0.2) is 60.8 Å². The largest absolute Gasteiger partial charge is 0.760 e. The van der Waals surface area contributed by atoms with Crippen molar-refractivity contribution in [2.24, 2.45) is 12.2 Å². The van der Waals surface area contributed by atoms with Crippen molar-refractivity contribution >= 4 is 17.1 Å². The molecule has 30 heavy (non-hydrogen) atoms. The zero-order valence-electron chi connectivity index (χ0n) is 15.8. The minimum absolute atomic E-state index is 0.373. The Kier molecular flexibility index (Phi) is 8.17. The molecule has 0 aliphatic rings. The SMILES string of the molecule is Cn1ncc(C#Cc2ccccc2)c1NCc1ccc(C(F)(F)F)cc1.NS(=O)[O-]. The first kappa shape index (κ1) is 23.2. The Morgan fingerprint density at radius 2 is 1.73 bits per heavy atom. The molecule has 3 aromatic rings. The second kappa shape index (κ2) is 10.6. The van der Waals surface area contributed by atoms with Gasteiger partial charge in [0.05, 0.1) is 17.3 Å². The van der Waals surface area contributed by atoms with E-state index in [9.17, 15) is 13.2 Å². The number of hydrogen-bond donors (Lipinski definition) is 2. The van der Waals surface area contributed by atoms with Crippen molar-refractivity contribution in [2.45, 2.75) is 12.7 Å². The molecule has 0 aliphatic heterocycles. The van der Waals surface area contributed by atoms with Crippen molar-refractivity contribution in [3.05, 3.63) is 83.0 Å². The summed E-state index contributed by atoms with van der Waals surface area (Å²) in [4.78, 5) is 0. The Morgan fingerprint density at radius 1 is 1.13 bits per heavy atom. The molecule has 0 fully saturated rings. The Hall–Kier alpha value is -3.13. The molecule has 0 bridgehead atoms. The summed E-state index contributed by atoms with van der Waals surface area (Å²) < 4.78 is 57.1. The van der Waals surface area contributed by atoms with Gasteiger partial charge >= 0.3 is 6.18 Å². The van der Waals surface area contributed by atoms with Crippen LogP contribution in [0.25, 0.3) is 0 Å². The van der Waals surface area contributed by atoms with Crippen LogP contribution < -0.4 is 10.5 Å². The molecule has 3 N–H and O–H groups in total. The minimum atomic E-state index is -4.33. The molecule has 0 amide bonds. The molecule has 1 aromatic heterocycles. The van der Waals surface area contributed by atoms with Gasteiger partial charge in [-0.05, 0) is 29.8 Å². The molecular weight excluding hydrogens is 417 g/mol. The average Bonchev–Trinajstić information content (AvgIpc) is 3.04. The molecule has 2 aromatic carbocycles. The van der Waals surface area contributed by atoms with Gasteiger partial charge < -0.3 is 9.87 Å². The molecule has 6 nitrogen and oxygen atoms in total. The minimum Gasteiger partial charge on any atom is -0.760 e. The summed E-state index contributed by atoms with van der Waals surface area (Å²) in [5.41, 5.74) is 1.70. The topological polar surface area (TPSA) is 96.0 Å². The smallest absolute Gasteiger partial charge is 0.416 e. The highest BCUT2D eigenvalue weighted by Crippen LogP contribution is 2.29. The molecule has 0 aliphatic carbocycles. The van der Waals surface area contributed by atoms with Gasteiger partial charge in [-0.2, -0.15) is 18.3 Å². The average molecular weight is 435 g/mol. The Labute approximate surface area is 174 Å². The maximum Gasteiger partial charge on any atom is 0.416 e. The molecule has 0 saturated carbocycles. The monoisotopic (exact) mass is 435 g/mol. The lowest BCUT2D eigenvalue weighted by atomic mass is 10.1. The van der Waals surface area contributed by atoms with Crippen molar-refractivity contribution in [1.82, 2.24) is 9.78 Å². The number of aromatic nitrogens is 2. The maximum atomic E-state index is 12.6. The Morgan fingerprint density at radius 3 is 2.30 bits per heavy atom. The lowest BCUT2D eigenvalue weighted by Gasteiger charge is -2.10. The number of nitrogens with zero attached hydrogens (tertiary/aromatic N) is 2. The highest BCUT2D eigenvalue weighted by molar-refractivity contribution is 7.76. The van der Waals surface area contributed by atoms with E-state index in [2.05, 4.69) is 27.4 Å². The van der Waals surface area contributed by atoms with Crippen molar-refractivity contribution in [3.63, 3.8) is 0 Å². The van der Waals surface area contributed by atoms with Gasteiger partial charge in [0.25, 0.3) is 0 Å². The maximum absolute atomic E-state index is 12.6. The van der Waals surface area contributed by atoms with Crippen molar-refractivity contribution < 1.29 is 21.9 Å². The van der Waals surface area contributed by atoms with Crippen LogP contribution in [-0.4, -0.2) is 18.5 Å². The van der Waals surface area contributed by atoms with Crippen molar-refractivity contribution in [1.29, 1.82) is 0 Å². The van der Waals surface area contributed by atoms with Gasteiger partial charge in [-0.25, -0.2) is 0 Å². The molecule has 1 atom stereocenters. The number of halogens is 3. The number of anilines is 1. The summed E-state index contributed by atoms with van der Waals surface area (Å²) in [5.74, 6) is 6.86. The zero-order chi connectivity index (χ0) is 22.1. The first-order chi connectivity index (χ1) is 14.2. The fourth-order valence-corrected chi connectivity index (χ4v) is 2.40. The van der Waals surface area contributed by atoms with E-state index in [0.717, 1.165) is 28.8 Å². The van der Waals surface area contributed by atoms with Gasteiger partial charge in [0, 0.05) is 30.4 Å². The molecular formula is C20H18F3N4O2S-. The summed E-state index contributed by atoms with van der Waals surface area (Å²) in [6.07, 6.45) is -2.67. The van der Waals surface area contributed by atoms with E-state index in [-0.39, 0.29) is 0 Å². The van der Waals surface area contributed by atoms with Crippen LogP contribution in [0, 0.1) is 11.8 Å². The normalized spacial score (nSPS) is 11.5. The van der Waals surface area contributed by atoms with E-state index in [1.54, 1.807) is 17.9 Å². The van der Waals surface area contributed by atoms with E-state index in [0.29, 0.717) is 12.4 Å². The van der Waals surface area contributed by atoms with Gasteiger partial charge in [0.15, 0.2) is 0 Å². The van der Waals surface area contributed by atoms with Crippen LogP contribution in [0.2, 0.25) is 0 Å². The van der Waals surface area contributed by atoms with E-state index in [1.807, 2.05) is 30.3 Å². The van der Waals surface area contributed by atoms with E-state index in [1.165, 1.54) is 12.1 Å². The number of benzene rings is 2. The fraction of sp³-hybridized carbons (Fsp3) is 0.150. The lowest BCUT2D eigenvalue weighted by molar-refractivity contribution is -0.137. The number of alkyl halides is 3. The molecule has 0 radical (unpaired) electrons. The quantitative estimate of drug-likeness (QED) is 0.488. The number of aryl methyl sites for hydroxylation is 1. The number of nitrogens with two attached hydrogens (primary N) is 1. The second-order valence-electron chi connectivity index (χ2n) is 5.96. The van der Waals surface area contributed by atoms with Gasteiger partial charge in [-0.3, -0.25) is 14.0 Å². The standard InChI is InChI=1S/C20H16F3N3.H3NO2S/c1-26-19(17(14-25-26)10-7-15-5-3-2-4-6-15)24-13-16-8-11-18(12-9-16)20(21,22)23;1-4(2)3/h2-6,8-9,11-12,14,24H,13H2,1H3;1H2,(H,2,3)/p-1. The van der Waals surface area contributed by atoms with Crippen LogP contribution in [0.4, 0.5) is 19.0 Å². The summed E-state index contributed by atoms with van der Waals surface area (Å²) in [7, 11) is 1.78. The van der Waals surface area contributed by atoms with Crippen LogP contribution in [0.1, 0.15) is 22.3 Å². The number of hydrogen-bond acceptors (Lipinski definition) is 4. The molecule has 10 heteroatoms. The predicted molar refractivity (Wildman–Crippen MR) is 108 cm³/mol. The number of nitrogens with one attached hydrogen (secondary N) is 1. The third-order valence-electron chi connectivity index (χ3n) is 3.80. The number of rotatable bonds is 3. The molecule has 1 heterocycles. The van der Waals surface area contributed by atoms with Crippen LogP contribution >= 0.6 is 0 Å². The van der Waals surface area contributed by atoms with Gasteiger partial charge in [-0.15, -0.1) is 0 Å². The fourth-order valence-electron chi connectivity index (χ4n) is 2.40. The van der Waals surface area contributed by atoms with Crippen molar-refractivity contribution in [2.75, 3.05) is 5.32 Å². The highest BCUT2D eigenvalue weighted by atomic mass is 32.2. The molecule has 0 saturated heterocycles. The van der Waals surface area contributed by atoms with E-state index >= 15 is 0 Å². The summed E-state index contributed by atoms with van der Waals surface area (Å²) in [6.45, 7) is 0.373. The van der Waals surface area contributed by atoms with Crippen LogP contribution in [-0.2, 0) is 31.0 Å².